The minimum Gasteiger partial charge on any atom is -0.351 e. The number of hydrogen-bond donors (Lipinski definition) is 1. The number of thiophene rings is 1. The lowest BCUT2D eigenvalue weighted by molar-refractivity contribution is 0.0956. The van der Waals surface area contributed by atoms with Crippen molar-refractivity contribution in [3.8, 4) is 0 Å². The monoisotopic (exact) mass is 327 g/mol. The first-order chi connectivity index (χ1) is 8.65. The van der Waals surface area contributed by atoms with Crippen molar-refractivity contribution < 1.29 is 4.79 Å². The van der Waals surface area contributed by atoms with Gasteiger partial charge in [-0.25, -0.2) is 0 Å². The van der Waals surface area contributed by atoms with Crippen LogP contribution in [0.4, 0.5) is 0 Å². The van der Waals surface area contributed by atoms with Crippen molar-refractivity contribution in [3.63, 3.8) is 0 Å². The topological polar surface area (TPSA) is 46.9 Å². The molecule has 0 atom stereocenters. The van der Waals surface area contributed by atoms with Crippen molar-refractivity contribution in [1.29, 1.82) is 0 Å². The Morgan fingerprint density at radius 3 is 3.00 bits per heavy atom. The quantitative estimate of drug-likeness (QED) is 0.858. The number of aryl methyl sites for hydroxylation is 2. The van der Waals surface area contributed by atoms with Crippen LogP contribution in [0.2, 0.25) is 0 Å². The maximum Gasteiger partial charge on any atom is 0.261 e. The molecule has 0 unspecified atom stereocenters. The number of amides is 1. The molecule has 6 heteroatoms. The molecule has 1 N–H and O–H groups in total. The van der Waals surface area contributed by atoms with Gasteiger partial charge in [0, 0.05) is 24.2 Å². The molecule has 0 fully saturated rings. The third-order valence-corrected chi connectivity index (χ3v) is 3.82. The zero-order valence-corrected chi connectivity index (χ0v) is 12.4. The number of aromatic nitrogens is 2. The normalized spacial score (nSPS) is 10.6. The van der Waals surface area contributed by atoms with E-state index in [2.05, 4.69) is 26.3 Å². The van der Waals surface area contributed by atoms with Crippen LogP contribution < -0.4 is 5.32 Å². The van der Waals surface area contributed by atoms with E-state index in [1.54, 1.807) is 6.20 Å². The molecule has 0 aromatic carbocycles. The summed E-state index contributed by atoms with van der Waals surface area (Å²) in [5, 5.41) is 7.06. The first kappa shape index (κ1) is 13.3. The van der Waals surface area contributed by atoms with Crippen molar-refractivity contribution in [2.45, 2.75) is 19.9 Å². The second kappa shape index (κ2) is 6.15. The second-order valence-corrected chi connectivity index (χ2v) is 6.14. The zero-order chi connectivity index (χ0) is 13.0. The van der Waals surface area contributed by atoms with E-state index in [9.17, 15) is 4.79 Å². The number of halogens is 1. The highest BCUT2D eigenvalue weighted by molar-refractivity contribution is 9.10. The van der Waals surface area contributed by atoms with Gasteiger partial charge in [-0.15, -0.1) is 11.3 Å². The van der Waals surface area contributed by atoms with E-state index in [0.717, 1.165) is 27.2 Å². The zero-order valence-electron chi connectivity index (χ0n) is 10.0. The summed E-state index contributed by atoms with van der Waals surface area (Å²) in [6.07, 6.45) is 4.54. The maximum atomic E-state index is 11.7. The van der Waals surface area contributed by atoms with Gasteiger partial charge < -0.3 is 5.32 Å². The molecular weight excluding hydrogens is 314 g/mol. The molecule has 96 valence electrons. The van der Waals surface area contributed by atoms with Crippen LogP contribution in [0, 0.1) is 6.92 Å². The molecule has 0 saturated carbocycles. The molecule has 2 rings (SSSR count). The largest absolute Gasteiger partial charge is 0.351 e. The first-order valence-corrected chi connectivity index (χ1v) is 7.29. The highest BCUT2D eigenvalue weighted by atomic mass is 79.9. The average molecular weight is 328 g/mol. The van der Waals surface area contributed by atoms with Gasteiger partial charge in [0.05, 0.1) is 15.5 Å². The number of carbonyl (C=O) groups excluding carboxylic acids is 1. The molecule has 4 nitrogen and oxygen atoms in total. The lowest BCUT2D eigenvalue weighted by atomic mass is 10.4. The molecule has 2 heterocycles. The van der Waals surface area contributed by atoms with Gasteiger partial charge in [0.2, 0.25) is 0 Å². The summed E-state index contributed by atoms with van der Waals surface area (Å²) in [6, 6.07) is 3.82. The minimum absolute atomic E-state index is 0.00902. The number of hydrogen-bond acceptors (Lipinski definition) is 3. The standard InChI is InChI=1S/C12H14BrN3OS/c1-9-3-4-11(18-9)12(17)14-5-2-6-16-8-10(13)7-15-16/h3-4,7-8H,2,5-6H2,1H3,(H,14,17). The minimum atomic E-state index is 0.00902. The molecule has 18 heavy (non-hydrogen) atoms. The number of nitrogens with one attached hydrogen (secondary N) is 1. The molecule has 0 aliphatic rings. The molecule has 0 spiro atoms. The summed E-state index contributed by atoms with van der Waals surface area (Å²) < 4.78 is 2.83. The SMILES string of the molecule is Cc1ccc(C(=O)NCCCn2cc(Br)cn2)s1. The van der Waals surface area contributed by atoms with Crippen LogP contribution in [-0.2, 0) is 6.54 Å². The van der Waals surface area contributed by atoms with Gasteiger partial charge in [0.15, 0.2) is 0 Å². The van der Waals surface area contributed by atoms with Gasteiger partial charge in [-0.1, -0.05) is 0 Å². The van der Waals surface area contributed by atoms with Crippen LogP contribution in [0.25, 0.3) is 0 Å². The van der Waals surface area contributed by atoms with Crippen molar-refractivity contribution in [2.24, 2.45) is 0 Å². The van der Waals surface area contributed by atoms with E-state index < -0.39 is 0 Å². The summed E-state index contributed by atoms with van der Waals surface area (Å²) in [6.45, 7) is 3.46. The van der Waals surface area contributed by atoms with Gasteiger partial charge in [-0.2, -0.15) is 5.10 Å². The third kappa shape index (κ3) is 3.68. The predicted molar refractivity (Wildman–Crippen MR) is 75.9 cm³/mol. The van der Waals surface area contributed by atoms with Gasteiger partial charge >= 0.3 is 0 Å². The van der Waals surface area contributed by atoms with Crippen LogP contribution in [-0.4, -0.2) is 22.2 Å². The Labute approximate surface area is 118 Å². The van der Waals surface area contributed by atoms with Crippen molar-refractivity contribution >= 4 is 33.2 Å². The Morgan fingerprint density at radius 1 is 1.56 bits per heavy atom. The Kier molecular flexibility index (Phi) is 4.54. The summed E-state index contributed by atoms with van der Waals surface area (Å²) in [5.41, 5.74) is 0. The van der Waals surface area contributed by atoms with E-state index in [0.29, 0.717) is 6.54 Å². The van der Waals surface area contributed by atoms with E-state index in [-0.39, 0.29) is 5.91 Å². The van der Waals surface area contributed by atoms with Crippen molar-refractivity contribution in [1.82, 2.24) is 15.1 Å². The Morgan fingerprint density at radius 2 is 2.39 bits per heavy atom. The third-order valence-electron chi connectivity index (χ3n) is 2.42. The predicted octanol–water partition coefficient (Wildman–Crippen LogP) is 2.84. The van der Waals surface area contributed by atoms with Gasteiger partial charge in [0.25, 0.3) is 5.91 Å². The van der Waals surface area contributed by atoms with E-state index in [1.807, 2.05) is 29.9 Å². The summed E-state index contributed by atoms with van der Waals surface area (Å²) in [4.78, 5) is 13.7. The molecule has 2 aromatic heterocycles. The molecule has 0 aliphatic carbocycles. The number of rotatable bonds is 5. The second-order valence-electron chi connectivity index (χ2n) is 3.94. The van der Waals surface area contributed by atoms with E-state index >= 15 is 0 Å². The fourth-order valence-corrected chi connectivity index (χ4v) is 2.66. The molecular formula is C12H14BrN3OS. The van der Waals surface area contributed by atoms with E-state index in [1.165, 1.54) is 11.3 Å². The fourth-order valence-electron chi connectivity index (χ4n) is 1.55. The molecule has 2 aromatic rings. The first-order valence-electron chi connectivity index (χ1n) is 5.68. The highest BCUT2D eigenvalue weighted by Crippen LogP contribution is 2.14. The summed E-state index contributed by atoms with van der Waals surface area (Å²) >= 11 is 4.86. The molecule has 0 bridgehead atoms. The fraction of sp³-hybridized carbons (Fsp3) is 0.333. The lowest BCUT2D eigenvalue weighted by Crippen LogP contribution is -2.24. The summed E-state index contributed by atoms with van der Waals surface area (Å²) in [7, 11) is 0. The highest BCUT2D eigenvalue weighted by Gasteiger charge is 2.06. The van der Waals surface area contributed by atoms with Crippen LogP contribution in [0.1, 0.15) is 21.0 Å². The van der Waals surface area contributed by atoms with Gasteiger partial charge in [0.1, 0.15) is 0 Å². The maximum absolute atomic E-state index is 11.7. The van der Waals surface area contributed by atoms with Crippen molar-refractivity contribution in [3.05, 3.63) is 38.8 Å². The lowest BCUT2D eigenvalue weighted by Gasteiger charge is -2.03. The summed E-state index contributed by atoms with van der Waals surface area (Å²) in [5.74, 6) is 0.00902. The van der Waals surface area contributed by atoms with Crippen molar-refractivity contribution in [2.75, 3.05) is 6.54 Å². The Balaban J connectivity index is 1.71. The van der Waals surface area contributed by atoms with Gasteiger partial charge in [-0.3, -0.25) is 9.48 Å². The van der Waals surface area contributed by atoms with Gasteiger partial charge in [-0.05, 0) is 41.4 Å². The molecule has 0 radical (unpaired) electrons. The van der Waals surface area contributed by atoms with E-state index in [4.69, 9.17) is 0 Å². The molecule has 1 amide bonds. The Hall–Kier alpha value is -1.14. The number of carbonyl (C=O) groups is 1. The van der Waals surface area contributed by atoms with Crippen LogP contribution >= 0.6 is 27.3 Å². The molecule has 0 saturated heterocycles. The molecule has 0 aliphatic heterocycles. The van der Waals surface area contributed by atoms with Crippen LogP contribution in [0.3, 0.4) is 0 Å². The van der Waals surface area contributed by atoms with Crippen LogP contribution in [0.5, 0.6) is 0 Å². The Bertz CT molecular complexity index is 535. The number of nitrogens with zero attached hydrogens (tertiary/aromatic N) is 2. The average Bonchev–Trinajstić information content (AvgIpc) is 2.93. The van der Waals surface area contributed by atoms with Crippen LogP contribution in [0.15, 0.2) is 29.0 Å². The smallest absolute Gasteiger partial charge is 0.261 e.